The van der Waals surface area contributed by atoms with Gasteiger partial charge in [0.1, 0.15) is 13.2 Å². The molecule has 104 valence electrons. The molecule has 0 spiro atoms. The lowest BCUT2D eigenvalue weighted by Crippen LogP contribution is -2.37. The second-order valence-corrected chi connectivity index (χ2v) is 4.40. The van der Waals surface area contributed by atoms with Crippen LogP contribution in [0.25, 0.3) is 0 Å². The Morgan fingerprint density at radius 3 is 2.84 bits per heavy atom. The Labute approximate surface area is 112 Å². The first kappa shape index (κ1) is 15.1. The molecule has 1 atom stereocenters. The highest BCUT2D eigenvalue weighted by molar-refractivity contribution is 5.78. The summed E-state index contributed by atoms with van der Waals surface area (Å²) < 4.78 is 4.83. The maximum atomic E-state index is 11.5. The molecule has 0 saturated heterocycles. The molecule has 0 fully saturated rings. The number of carbonyl (C=O) groups is 2. The fraction of sp³-hybridized carbons (Fsp3) is 0.462. The maximum absolute atomic E-state index is 11.5. The highest BCUT2D eigenvalue weighted by Crippen LogP contribution is 2.06. The topological polar surface area (TPSA) is 94.3 Å². The van der Waals surface area contributed by atoms with Gasteiger partial charge in [-0.1, -0.05) is 6.07 Å². The van der Waals surface area contributed by atoms with Gasteiger partial charge in [0.05, 0.1) is 0 Å². The van der Waals surface area contributed by atoms with Crippen LogP contribution in [0, 0.1) is 6.92 Å². The molecule has 3 N–H and O–H groups in total. The van der Waals surface area contributed by atoms with Gasteiger partial charge in [-0.25, -0.2) is 0 Å². The van der Waals surface area contributed by atoms with Crippen molar-refractivity contribution in [3.63, 3.8) is 0 Å². The van der Waals surface area contributed by atoms with E-state index in [1.807, 2.05) is 26.0 Å². The van der Waals surface area contributed by atoms with E-state index in [4.69, 9.17) is 10.5 Å². The Morgan fingerprint density at radius 1 is 1.47 bits per heavy atom. The zero-order valence-corrected chi connectivity index (χ0v) is 11.2. The summed E-state index contributed by atoms with van der Waals surface area (Å²) in [4.78, 5) is 26.2. The molecule has 1 aromatic heterocycles. The number of ether oxygens (including phenoxy) is 1. The lowest BCUT2D eigenvalue weighted by atomic mass is 10.1. The van der Waals surface area contributed by atoms with Gasteiger partial charge in [-0.15, -0.1) is 0 Å². The van der Waals surface area contributed by atoms with E-state index in [9.17, 15) is 9.59 Å². The van der Waals surface area contributed by atoms with Crippen LogP contribution in [0.1, 0.15) is 18.2 Å². The molecule has 6 heteroatoms. The van der Waals surface area contributed by atoms with E-state index < -0.39 is 5.91 Å². The number of nitrogens with zero attached hydrogens (tertiary/aromatic N) is 1. The van der Waals surface area contributed by atoms with E-state index >= 15 is 0 Å². The van der Waals surface area contributed by atoms with Crippen LogP contribution >= 0.6 is 0 Å². The van der Waals surface area contributed by atoms with Crippen molar-refractivity contribution in [1.82, 2.24) is 10.3 Å². The Balaban J connectivity index is 2.34. The van der Waals surface area contributed by atoms with Gasteiger partial charge >= 0.3 is 0 Å². The van der Waals surface area contributed by atoms with Crippen LogP contribution in [0.3, 0.4) is 0 Å². The standard InChI is InChI=1S/C13H19N3O3/c1-9-4-3-5-15-11(9)6-10(2)16-13(18)8-19-7-12(14)17/h3-5,10H,6-8H2,1-2H3,(H2,14,17)(H,16,18)/t10-/m0/s1. The number of pyridine rings is 1. The van der Waals surface area contributed by atoms with E-state index in [-0.39, 0.29) is 25.2 Å². The molecule has 0 aliphatic heterocycles. The van der Waals surface area contributed by atoms with Crippen molar-refractivity contribution in [2.45, 2.75) is 26.3 Å². The van der Waals surface area contributed by atoms with E-state index in [0.29, 0.717) is 6.42 Å². The molecule has 1 rings (SSSR count). The molecular weight excluding hydrogens is 246 g/mol. The van der Waals surface area contributed by atoms with Crippen molar-refractivity contribution < 1.29 is 14.3 Å². The first-order valence-electron chi connectivity index (χ1n) is 6.05. The van der Waals surface area contributed by atoms with E-state index in [2.05, 4.69) is 10.3 Å². The van der Waals surface area contributed by atoms with Gasteiger partial charge in [-0.05, 0) is 25.5 Å². The number of primary amides is 1. The molecule has 0 aromatic carbocycles. The SMILES string of the molecule is Cc1cccnc1C[C@H](C)NC(=O)COCC(N)=O. The lowest BCUT2D eigenvalue weighted by Gasteiger charge is -2.14. The van der Waals surface area contributed by atoms with Crippen LogP contribution < -0.4 is 11.1 Å². The fourth-order valence-corrected chi connectivity index (χ4v) is 1.63. The van der Waals surface area contributed by atoms with Crippen molar-refractivity contribution in [2.75, 3.05) is 13.2 Å². The predicted octanol–water partition coefficient (Wildman–Crippen LogP) is -0.0609. The highest BCUT2D eigenvalue weighted by atomic mass is 16.5. The third-order valence-electron chi connectivity index (χ3n) is 2.50. The minimum atomic E-state index is -0.593. The minimum Gasteiger partial charge on any atom is -0.368 e. The lowest BCUT2D eigenvalue weighted by molar-refractivity contribution is -0.129. The van der Waals surface area contributed by atoms with Gasteiger partial charge < -0.3 is 15.8 Å². The van der Waals surface area contributed by atoms with Crippen LogP contribution in [0.4, 0.5) is 0 Å². The Bertz CT molecular complexity index is 449. The summed E-state index contributed by atoms with van der Waals surface area (Å²) in [7, 11) is 0. The predicted molar refractivity (Wildman–Crippen MR) is 70.3 cm³/mol. The number of nitrogens with two attached hydrogens (primary N) is 1. The molecule has 6 nitrogen and oxygen atoms in total. The quantitative estimate of drug-likeness (QED) is 0.722. The first-order chi connectivity index (χ1) is 8.99. The Kier molecular flexibility index (Phi) is 5.95. The maximum Gasteiger partial charge on any atom is 0.246 e. The van der Waals surface area contributed by atoms with E-state index in [0.717, 1.165) is 11.3 Å². The molecule has 0 bridgehead atoms. The number of hydrogen-bond acceptors (Lipinski definition) is 4. The Hall–Kier alpha value is -1.95. The summed E-state index contributed by atoms with van der Waals surface area (Å²) >= 11 is 0. The molecule has 19 heavy (non-hydrogen) atoms. The molecule has 2 amide bonds. The van der Waals surface area contributed by atoms with Crippen LogP contribution in [0.5, 0.6) is 0 Å². The van der Waals surface area contributed by atoms with Crippen molar-refractivity contribution in [3.8, 4) is 0 Å². The Morgan fingerprint density at radius 2 is 2.21 bits per heavy atom. The summed E-state index contributed by atoms with van der Waals surface area (Å²) in [6.07, 6.45) is 2.38. The second-order valence-electron chi connectivity index (χ2n) is 4.40. The van der Waals surface area contributed by atoms with E-state index in [1.165, 1.54) is 0 Å². The smallest absolute Gasteiger partial charge is 0.246 e. The molecule has 0 saturated carbocycles. The first-order valence-corrected chi connectivity index (χ1v) is 6.05. The third kappa shape index (κ3) is 5.96. The fourth-order valence-electron chi connectivity index (χ4n) is 1.63. The number of aryl methyl sites for hydroxylation is 1. The van der Waals surface area contributed by atoms with Crippen LogP contribution in [-0.4, -0.2) is 36.1 Å². The van der Waals surface area contributed by atoms with Crippen molar-refractivity contribution >= 4 is 11.8 Å². The van der Waals surface area contributed by atoms with Crippen molar-refractivity contribution in [1.29, 1.82) is 0 Å². The average Bonchev–Trinajstić information content (AvgIpc) is 2.31. The minimum absolute atomic E-state index is 0.0571. The van der Waals surface area contributed by atoms with Gasteiger partial charge in [0.25, 0.3) is 0 Å². The highest BCUT2D eigenvalue weighted by Gasteiger charge is 2.10. The largest absolute Gasteiger partial charge is 0.368 e. The van der Waals surface area contributed by atoms with Crippen LogP contribution in [-0.2, 0) is 20.7 Å². The van der Waals surface area contributed by atoms with Crippen LogP contribution in [0.2, 0.25) is 0 Å². The number of nitrogens with one attached hydrogen (secondary N) is 1. The second kappa shape index (κ2) is 7.48. The number of amides is 2. The van der Waals surface area contributed by atoms with Gasteiger partial charge in [0.15, 0.2) is 0 Å². The van der Waals surface area contributed by atoms with E-state index in [1.54, 1.807) is 6.20 Å². The summed E-state index contributed by atoms with van der Waals surface area (Å²) in [5.74, 6) is -0.868. The summed E-state index contributed by atoms with van der Waals surface area (Å²) in [6.45, 7) is 3.45. The zero-order valence-electron chi connectivity index (χ0n) is 11.2. The molecule has 0 unspecified atom stereocenters. The third-order valence-corrected chi connectivity index (χ3v) is 2.50. The van der Waals surface area contributed by atoms with Gasteiger partial charge in [0.2, 0.25) is 11.8 Å². The molecule has 1 aromatic rings. The molecule has 0 radical (unpaired) electrons. The molecule has 0 aliphatic rings. The van der Waals surface area contributed by atoms with Gasteiger partial charge in [-0.3, -0.25) is 14.6 Å². The number of aromatic nitrogens is 1. The summed E-state index contributed by atoms with van der Waals surface area (Å²) in [6, 6.07) is 3.80. The average molecular weight is 265 g/mol. The van der Waals surface area contributed by atoms with Gasteiger partial charge in [-0.2, -0.15) is 0 Å². The van der Waals surface area contributed by atoms with Crippen molar-refractivity contribution in [3.05, 3.63) is 29.6 Å². The number of hydrogen-bond donors (Lipinski definition) is 2. The summed E-state index contributed by atoms with van der Waals surface area (Å²) in [5, 5.41) is 2.77. The number of carbonyl (C=O) groups excluding carboxylic acids is 2. The normalized spacial score (nSPS) is 11.9. The molecule has 0 aliphatic carbocycles. The van der Waals surface area contributed by atoms with Crippen LogP contribution in [0.15, 0.2) is 18.3 Å². The number of rotatable bonds is 7. The summed E-state index contributed by atoms with van der Waals surface area (Å²) in [5.41, 5.74) is 6.94. The monoisotopic (exact) mass is 265 g/mol. The van der Waals surface area contributed by atoms with Crippen molar-refractivity contribution in [2.24, 2.45) is 5.73 Å². The zero-order chi connectivity index (χ0) is 14.3. The molecule has 1 heterocycles. The molecular formula is C13H19N3O3. The van der Waals surface area contributed by atoms with Gasteiger partial charge in [0, 0.05) is 24.4 Å².